The van der Waals surface area contributed by atoms with Gasteiger partial charge in [-0.05, 0) is 41.5 Å². The standard InChI is InChI=1S/C30H35N3O3/c34-27(19-21-9-3-1-4-10-21)29-31-28(33(32-29)24-11-5-2-6-12-24)20-22-15-17-23(18-16-22)25-13-7-8-14-26(25)30(35)36/h7-8,13-18,21,24H,1-6,9-12,19-20H2,(H,35,36). The molecule has 36 heavy (non-hydrogen) atoms. The van der Waals surface area contributed by atoms with E-state index < -0.39 is 5.97 Å². The van der Waals surface area contributed by atoms with Gasteiger partial charge in [-0.1, -0.05) is 93.8 Å². The Hall–Kier alpha value is -3.28. The van der Waals surface area contributed by atoms with E-state index in [9.17, 15) is 14.7 Å². The van der Waals surface area contributed by atoms with Gasteiger partial charge in [-0.15, -0.1) is 5.10 Å². The SMILES string of the molecule is O=C(CC1CCCCC1)c1nc(Cc2ccc(-c3ccccc3C(=O)O)cc2)n(C2CCCCC2)n1. The molecule has 5 rings (SSSR count). The Morgan fingerprint density at radius 1 is 0.861 bits per heavy atom. The van der Waals surface area contributed by atoms with Crippen LogP contribution in [0.15, 0.2) is 48.5 Å². The molecule has 0 bridgehead atoms. The lowest BCUT2D eigenvalue weighted by molar-refractivity contribution is 0.0697. The predicted molar refractivity (Wildman–Crippen MR) is 139 cm³/mol. The number of carbonyl (C=O) groups is 2. The van der Waals surface area contributed by atoms with Crippen LogP contribution >= 0.6 is 0 Å². The quantitative estimate of drug-likeness (QED) is 0.351. The molecule has 6 nitrogen and oxygen atoms in total. The first-order valence-electron chi connectivity index (χ1n) is 13.5. The first-order valence-corrected chi connectivity index (χ1v) is 13.5. The minimum absolute atomic E-state index is 0.0818. The third-order valence-electron chi connectivity index (χ3n) is 7.86. The van der Waals surface area contributed by atoms with E-state index in [1.165, 1.54) is 38.5 Å². The number of hydrogen-bond donors (Lipinski definition) is 1. The summed E-state index contributed by atoms with van der Waals surface area (Å²) in [6, 6.07) is 15.3. The second kappa shape index (κ2) is 11.2. The lowest BCUT2D eigenvalue weighted by Gasteiger charge is -2.23. The van der Waals surface area contributed by atoms with Crippen LogP contribution in [0.5, 0.6) is 0 Å². The van der Waals surface area contributed by atoms with E-state index in [2.05, 4.69) is 0 Å². The molecule has 2 aliphatic carbocycles. The van der Waals surface area contributed by atoms with Crippen LogP contribution in [0.4, 0.5) is 0 Å². The van der Waals surface area contributed by atoms with Crippen LogP contribution in [0, 0.1) is 5.92 Å². The van der Waals surface area contributed by atoms with Gasteiger partial charge in [-0.25, -0.2) is 14.5 Å². The van der Waals surface area contributed by atoms with Gasteiger partial charge in [0.05, 0.1) is 11.6 Å². The number of aromatic nitrogens is 3. The molecule has 1 N–H and O–H groups in total. The molecule has 0 radical (unpaired) electrons. The maximum atomic E-state index is 13.1. The second-order valence-corrected chi connectivity index (χ2v) is 10.4. The molecule has 3 aromatic rings. The topological polar surface area (TPSA) is 85.1 Å². The lowest BCUT2D eigenvalue weighted by atomic mass is 9.86. The van der Waals surface area contributed by atoms with Crippen molar-refractivity contribution in [1.82, 2.24) is 14.8 Å². The molecular weight excluding hydrogens is 450 g/mol. The number of nitrogens with zero attached hydrogens (tertiary/aromatic N) is 3. The van der Waals surface area contributed by atoms with Crippen molar-refractivity contribution in [2.75, 3.05) is 0 Å². The summed E-state index contributed by atoms with van der Waals surface area (Å²) >= 11 is 0. The number of ketones is 1. The molecule has 1 heterocycles. The largest absolute Gasteiger partial charge is 0.478 e. The molecule has 0 amide bonds. The fourth-order valence-corrected chi connectivity index (χ4v) is 5.86. The molecule has 1 aromatic heterocycles. The number of benzene rings is 2. The van der Waals surface area contributed by atoms with Gasteiger partial charge in [-0.2, -0.15) is 0 Å². The third-order valence-corrected chi connectivity index (χ3v) is 7.86. The van der Waals surface area contributed by atoms with Crippen LogP contribution in [0.1, 0.15) is 109 Å². The van der Waals surface area contributed by atoms with E-state index in [4.69, 9.17) is 10.1 Å². The van der Waals surface area contributed by atoms with Crippen molar-refractivity contribution in [2.24, 2.45) is 5.92 Å². The van der Waals surface area contributed by atoms with Gasteiger partial charge in [0.25, 0.3) is 0 Å². The van der Waals surface area contributed by atoms with Gasteiger partial charge < -0.3 is 5.11 Å². The molecule has 0 unspecified atom stereocenters. The van der Waals surface area contributed by atoms with Crippen LogP contribution in [0.2, 0.25) is 0 Å². The maximum absolute atomic E-state index is 13.1. The fourth-order valence-electron chi connectivity index (χ4n) is 5.86. The van der Waals surface area contributed by atoms with Gasteiger partial charge in [0.2, 0.25) is 11.6 Å². The minimum atomic E-state index is -0.930. The number of carbonyl (C=O) groups excluding carboxylic acids is 1. The third kappa shape index (κ3) is 5.58. The molecule has 2 aromatic carbocycles. The van der Waals surface area contributed by atoms with Gasteiger partial charge in [0, 0.05) is 12.8 Å². The van der Waals surface area contributed by atoms with Crippen molar-refractivity contribution < 1.29 is 14.7 Å². The Labute approximate surface area is 212 Å². The Morgan fingerprint density at radius 2 is 1.53 bits per heavy atom. The monoisotopic (exact) mass is 485 g/mol. The summed E-state index contributed by atoms with van der Waals surface area (Å²) in [6.45, 7) is 0. The molecule has 0 atom stereocenters. The van der Waals surface area contributed by atoms with E-state index in [1.807, 2.05) is 41.1 Å². The zero-order valence-corrected chi connectivity index (χ0v) is 20.9. The molecule has 0 spiro atoms. The first-order chi connectivity index (χ1) is 17.6. The molecule has 2 aliphatic rings. The van der Waals surface area contributed by atoms with Crippen molar-refractivity contribution >= 4 is 11.8 Å². The van der Waals surface area contributed by atoms with Crippen LogP contribution in [-0.4, -0.2) is 31.6 Å². The molecule has 0 saturated heterocycles. The fraction of sp³-hybridized carbons (Fsp3) is 0.467. The van der Waals surface area contributed by atoms with Gasteiger partial charge in [0.1, 0.15) is 5.82 Å². The average molecular weight is 486 g/mol. The Bertz CT molecular complexity index is 1200. The highest BCUT2D eigenvalue weighted by Gasteiger charge is 2.25. The van der Waals surface area contributed by atoms with Crippen molar-refractivity contribution in [3.05, 3.63) is 71.3 Å². The zero-order chi connectivity index (χ0) is 24.9. The Morgan fingerprint density at radius 3 is 2.22 bits per heavy atom. The van der Waals surface area contributed by atoms with Crippen LogP contribution in [0.3, 0.4) is 0 Å². The number of hydrogen-bond acceptors (Lipinski definition) is 4. The molecule has 188 valence electrons. The highest BCUT2D eigenvalue weighted by Crippen LogP contribution is 2.31. The van der Waals surface area contributed by atoms with Gasteiger partial charge in [-0.3, -0.25) is 4.79 Å². The normalized spacial score (nSPS) is 17.2. The summed E-state index contributed by atoms with van der Waals surface area (Å²) in [5, 5.41) is 14.3. The van der Waals surface area contributed by atoms with Crippen molar-refractivity contribution in [3.63, 3.8) is 0 Å². The summed E-state index contributed by atoms with van der Waals surface area (Å²) in [4.78, 5) is 29.5. The molecule has 2 saturated carbocycles. The molecule has 0 aliphatic heterocycles. The molecule has 2 fully saturated rings. The Balaban J connectivity index is 1.38. The van der Waals surface area contributed by atoms with Crippen molar-refractivity contribution in [1.29, 1.82) is 0 Å². The average Bonchev–Trinajstić information content (AvgIpc) is 3.34. The first kappa shape index (κ1) is 24.4. The second-order valence-electron chi connectivity index (χ2n) is 10.4. The Kier molecular flexibility index (Phi) is 7.59. The number of carboxylic acids is 1. The molecule has 6 heteroatoms. The number of Topliss-reactive ketones (excluding diaryl/α,β-unsaturated/α-hetero) is 1. The van der Waals surface area contributed by atoms with Gasteiger partial charge in [0.15, 0.2) is 0 Å². The van der Waals surface area contributed by atoms with Crippen LogP contribution in [0.25, 0.3) is 11.1 Å². The summed E-state index contributed by atoms with van der Waals surface area (Å²) in [5.41, 5.74) is 2.94. The van der Waals surface area contributed by atoms with E-state index in [0.717, 1.165) is 42.6 Å². The van der Waals surface area contributed by atoms with E-state index >= 15 is 0 Å². The summed E-state index contributed by atoms with van der Waals surface area (Å²) < 4.78 is 2.04. The lowest BCUT2D eigenvalue weighted by Crippen LogP contribution is -2.18. The van der Waals surface area contributed by atoms with E-state index in [-0.39, 0.29) is 5.78 Å². The zero-order valence-electron chi connectivity index (χ0n) is 20.9. The minimum Gasteiger partial charge on any atom is -0.478 e. The highest BCUT2D eigenvalue weighted by molar-refractivity contribution is 5.96. The summed E-state index contributed by atoms with van der Waals surface area (Å²) in [6.07, 6.45) is 13.0. The maximum Gasteiger partial charge on any atom is 0.336 e. The van der Waals surface area contributed by atoms with E-state index in [0.29, 0.717) is 41.8 Å². The number of carboxylic acid groups (broad SMARTS) is 1. The van der Waals surface area contributed by atoms with Gasteiger partial charge >= 0.3 is 5.97 Å². The van der Waals surface area contributed by atoms with E-state index in [1.54, 1.807) is 12.1 Å². The van der Waals surface area contributed by atoms with Crippen LogP contribution in [-0.2, 0) is 6.42 Å². The summed E-state index contributed by atoms with van der Waals surface area (Å²) in [5.74, 6) is 0.859. The smallest absolute Gasteiger partial charge is 0.336 e. The van der Waals surface area contributed by atoms with Crippen molar-refractivity contribution in [3.8, 4) is 11.1 Å². The highest BCUT2D eigenvalue weighted by atomic mass is 16.4. The summed E-state index contributed by atoms with van der Waals surface area (Å²) in [7, 11) is 0. The number of rotatable bonds is 8. The van der Waals surface area contributed by atoms with Crippen molar-refractivity contribution in [2.45, 2.75) is 83.1 Å². The number of aromatic carboxylic acids is 1. The molecular formula is C30H35N3O3. The van der Waals surface area contributed by atoms with Crippen LogP contribution < -0.4 is 0 Å². The predicted octanol–water partition coefficient (Wildman–Crippen LogP) is 6.89.